The second kappa shape index (κ2) is 11.7. The van der Waals surface area contributed by atoms with Crippen LogP contribution in [0.4, 0.5) is 15.9 Å². The third kappa shape index (κ3) is 5.68. The van der Waals surface area contributed by atoms with E-state index in [9.17, 15) is 19.5 Å². The molecule has 5 heterocycles. The van der Waals surface area contributed by atoms with Gasteiger partial charge in [0.1, 0.15) is 17.3 Å². The summed E-state index contributed by atoms with van der Waals surface area (Å²) in [6.07, 6.45) is 2.93. The van der Waals surface area contributed by atoms with Crippen molar-refractivity contribution in [1.82, 2.24) is 34.3 Å². The fourth-order valence-electron chi connectivity index (χ4n) is 6.97. The monoisotopic (exact) mass is 664 g/mol. The smallest absolute Gasteiger partial charge is 0.290 e. The number of nitrogens with zero attached hydrogens (tertiary/aromatic N) is 7. The molecule has 0 atom stereocenters. The van der Waals surface area contributed by atoms with E-state index in [1.54, 1.807) is 36.4 Å². The number of hydrogen-bond acceptors (Lipinski definition) is 9. The van der Waals surface area contributed by atoms with Crippen LogP contribution in [-0.4, -0.2) is 78.6 Å². The number of aromatic nitrogens is 5. The molecular weight excluding hydrogens is 627 g/mol. The van der Waals surface area contributed by atoms with Gasteiger partial charge < -0.3 is 20.2 Å². The van der Waals surface area contributed by atoms with Crippen LogP contribution < -0.4 is 16.4 Å². The van der Waals surface area contributed by atoms with Crippen molar-refractivity contribution in [3.8, 4) is 16.9 Å². The minimum atomic E-state index is -0.671. The fraction of sp³-hybridized carbons (Fsp3) is 0.333. The Labute approximate surface area is 281 Å². The van der Waals surface area contributed by atoms with Gasteiger partial charge in [-0.1, -0.05) is 32.9 Å². The highest BCUT2D eigenvalue weighted by Gasteiger charge is 2.51. The van der Waals surface area contributed by atoms with Crippen LogP contribution in [-0.2, 0) is 19.1 Å². The standard InChI is InChI=1S/C36H37FN8O4/c1-35(2,3)23-11-22-15-39-45(34(49)31(22)26(37)12-23)29-8-6-7-24(25(29)16-46)27-13-28(33(48)43(5)41-27)40-30-10-9-21(14-38-30)32(47)44-19-36(20-44)17-42(4)18-36/h6-15,46H,16-20H2,1-5H3,(H,38,40). The number of nitrogens with one attached hydrogen (secondary N) is 1. The third-order valence-corrected chi connectivity index (χ3v) is 9.41. The average Bonchev–Trinajstić information content (AvgIpc) is 3.03. The Bertz CT molecular complexity index is 2240. The van der Waals surface area contributed by atoms with Gasteiger partial charge in [-0.15, -0.1) is 0 Å². The summed E-state index contributed by atoms with van der Waals surface area (Å²) in [6.45, 7) is 8.87. The molecule has 0 bridgehead atoms. The number of aliphatic hydroxyl groups excluding tert-OH is 1. The molecule has 12 nitrogen and oxygen atoms in total. The molecule has 252 valence electrons. The number of aliphatic hydroxyl groups is 1. The first-order valence-electron chi connectivity index (χ1n) is 16.0. The number of aryl methyl sites for hydroxylation is 1. The molecule has 49 heavy (non-hydrogen) atoms. The Morgan fingerprint density at radius 1 is 1.00 bits per heavy atom. The number of fused-ring (bicyclic) bond motifs is 1. The molecule has 0 radical (unpaired) electrons. The van der Waals surface area contributed by atoms with Gasteiger partial charge in [-0.2, -0.15) is 14.9 Å². The minimum Gasteiger partial charge on any atom is -0.392 e. The molecule has 2 aliphatic heterocycles. The lowest BCUT2D eigenvalue weighted by Gasteiger charge is -2.59. The maximum absolute atomic E-state index is 15.4. The molecule has 13 heteroatoms. The molecule has 7 rings (SSSR count). The molecule has 1 amide bonds. The van der Waals surface area contributed by atoms with Gasteiger partial charge >= 0.3 is 0 Å². The number of anilines is 2. The van der Waals surface area contributed by atoms with Crippen LogP contribution in [0, 0.1) is 11.2 Å². The van der Waals surface area contributed by atoms with Crippen molar-refractivity contribution < 1.29 is 14.3 Å². The van der Waals surface area contributed by atoms with Crippen molar-refractivity contribution in [3.63, 3.8) is 0 Å². The second-order valence-corrected chi connectivity index (χ2v) is 14.3. The lowest BCUT2D eigenvalue weighted by atomic mass is 9.73. The normalized spacial score (nSPS) is 15.7. The average molecular weight is 665 g/mol. The molecule has 2 fully saturated rings. The van der Waals surface area contributed by atoms with Crippen molar-refractivity contribution in [3.05, 3.63) is 104 Å². The summed E-state index contributed by atoms with van der Waals surface area (Å²) in [7, 11) is 3.57. The molecular formula is C36H37FN8O4. The lowest BCUT2D eigenvalue weighted by Crippen LogP contribution is -2.72. The van der Waals surface area contributed by atoms with E-state index in [1.807, 2.05) is 25.7 Å². The van der Waals surface area contributed by atoms with E-state index < -0.39 is 23.5 Å². The van der Waals surface area contributed by atoms with E-state index in [1.165, 1.54) is 31.6 Å². The van der Waals surface area contributed by atoms with E-state index in [-0.39, 0.29) is 33.5 Å². The number of carbonyl (C=O) groups is 1. The van der Waals surface area contributed by atoms with Gasteiger partial charge in [-0.25, -0.2) is 14.1 Å². The molecule has 2 saturated heterocycles. The molecule has 3 aromatic heterocycles. The summed E-state index contributed by atoms with van der Waals surface area (Å²) in [5.41, 5.74) is 1.47. The van der Waals surface area contributed by atoms with Crippen molar-refractivity contribution >= 4 is 28.2 Å². The zero-order chi connectivity index (χ0) is 34.8. The van der Waals surface area contributed by atoms with Gasteiger partial charge in [0.05, 0.1) is 35.1 Å². The van der Waals surface area contributed by atoms with E-state index in [0.29, 0.717) is 33.6 Å². The molecule has 2 N–H and O–H groups in total. The molecule has 2 aliphatic rings. The maximum Gasteiger partial charge on any atom is 0.290 e. The Balaban J connectivity index is 1.19. The SMILES string of the molecule is CN1CC2(C1)CN(C(=O)c1ccc(Nc3cc(-c4cccc(-n5ncc6cc(C(C)(C)C)cc(F)c6c5=O)c4CO)nn(C)c3=O)nc1)C2. The van der Waals surface area contributed by atoms with E-state index in [2.05, 4.69) is 32.4 Å². The van der Waals surface area contributed by atoms with Crippen molar-refractivity contribution in [2.24, 2.45) is 12.5 Å². The number of rotatable bonds is 6. The van der Waals surface area contributed by atoms with Gasteiger partial charge in [0, 0.05) is 61.4 Å². The summed E-state index contributed by atoms with van der Waals surface area (Å²) in [5, 5.41) is 22.6. The first-order valence-corrected chi connectivity index (χ1v) is 16.0. The largest absolute Gasteiger partial charge is 0.392 e. The Kier molecular flexibility index (Phi) is 7.71. The molecule has 0 aliphatic carbocycles. The number of carbonyl (C=O) groups excluding carboxylic acids is 1. The number of pyridine rings is 1. The van der Waals surface area contributed by atoms with Gasteiger partial charge in [0.15, 0.2) is 0 Å². The number of likely N-dealkylation sites (tertiary alicyclic amines) is 2. The first kappa shape index (κ1) is 32.3. The Morgan fingerprint density at radius 2 is 1.76 bits per heavy atom. The van der Waals surface area contributed by atoms with Crippen LogP contribution >= 0.6 is 0 Å². The summed E-state index contributed by atoms with van der Waals surface area (Å²) in [6, 6.07) is 13.0. The van der Waals surface area contributed by atoms with Crippen molar-refractivity contribution in [1.29, 1.82) is 0 Å². The van der Waals surface area contributed by atoms with Gasteiger partial charge in [0.2, 0.25) is 0 Å². The van der Waals surface area contributed by atoms with Crippen LogP contribution in [0.15, 0.2) is 70.5 Å². The fourth-order valence-corrected chi connectivity index (χ4v) is 6.97. The Morgan fingerprint density at radius 3 is 2.41 bits per heavy atom. The van der Waals surface area contributed by atoms with Crippen LogP contribution in [0.5, 0.6) is 0 Å². The summed E-state index contributed by atoms with van der Waals surface area (Å²) < 4.78 is 17.6. The summed E-state index contributed by atoms with van der Waals surface area (Å²) in [4.78, 5) is 48.2. The van der Waals surface area contributed by atoms with Crippen molar-refractivity contribution in [2.75, 3.05) is 38.5 Å². The predicted molar refractivity (Wildman–Crippen MR) is 184 cm³/mol. The highest BCUT2D eigenvalue weighted by molar-refractivity contribution is 5.95. The summed E-state index contributed by atoms with van der Waals surface area (Å²) >= 11 is 0. The number of halogens is 1. The van der Waals surface area contributed by atoms with Gasteiger partial charge in [-0.05, 0) is 54.4 Å². The molecule has 1 spiro atoms. The maximum atomic E-state index is 15.4. The van der Waals surface area contributed by atoms with Crippen LogP contribution in [0.25, 0.3) is 27.7 Å². The number of benzene rings is 2. The minimum absolute atomic E-state index is 0.0739. The molecule has 5 aromatic rings. The Hall–Kier alpha value is -5.27. The van der Waals surface area contributed by atoms with E-state index >= 15 is 4.39 Å². The zero-order valence-electron chi connectivity index (χ0n) is 28.0. The number of hydrogen-bond donors (Lipinski definition) is 2. The van der Waals surface area contributed by atoms with E-state index in [4.69, 9.17) is 0 Å². The zero-order valence-corrected chi connectivity index (χ0v) is 28.0. The summed E-state index contributed by atoms with van der Waals surface area (Å²) in [5.74, 6) is -0.372. The predicted octanol–water partition coefficient (Wildman–Crippen LogP) is 3.60. The third-order valence-electron chi connectivity index (χ3n) is 9.41. The van der Waals surface area contributed by atoms with Crippen LogP contribution in [0.3, 0.4) is 0 Å². The first-order chi connectivity index (χ1) is 23.3. The van der Waals surface area contributed by atoms with Crippen LogP contribution in [0.1, 0.15) is 42.3 Å². The second-order valence-electron chi connectivity index (χ2n) is 14.3. The quantitative estimate of drug-likeness (QED) is 0.279. The molecule has 2 aromatic carbocycles. The van der Waals surface area contributed by atoms with Gasteiger partial charge in [-0.3, -0.25) is 14.4 Å². The van der Waals surface area contributed by atoms with Gasteiger partial charge in [0.25, 0.3) is 17.0 Å². The topological polar surface area (TPSA) is 138 Å². The van der Waals surface area contributed by atoms with Crippen LogP contribution in [0.2, 0.25) is 0 Å². The van der Waals surface area contributed by atoms with E-state index in [0.717, 1.165) is 41.1 Å². The van der Waals surface area contributed by atoms with Crippen molar-refractivity contribution in [2.45, 2.75) is 32.8 Å². The molecule has 0 unspecified atom stereocenters. The highest BCUT2D eigenvalue weighted by Crippen LogP contribution is 2.39. The lowest BCUT2D eigenvalue weighted by molar-refractivity contribution is -0.0872. The number of amides is 1. The molecule has 0 saturated carbocycles. The highest BCUT2D eigenvalue weighted by atomic mass is 19.1.